The summed E-state index contributed by atoms with van der Waals surface area (Å²) in [5.41, 5.74) is 7.25. The summed E-state index contributed by atoms with van der Waals surface area (Å²) in [4.78, 5) is 43.9. The maximum Gasteiger partial charge on any atom is 0.266 e. The third-order valence-electron chi connectivity index (χ3n) is 5.01. The second-order valence-electron chi connectivity index (χ2n) is 6.84. The molecule has 1 aromatic carbocycles. The summed E-state index contributed by atoms with van der Waals surface area (Å²) in [5.74, 6) is -0.0683. The number of nitrogens with zero attached hydrogens (tertiary/aromatic N) is 3. The minimum absolute atomic E-state index is 0.0569. The number of fused-ring (bicyclic) bond motifs is 1. The van der Waals surface area contributed by atoms with E-state index in [0.717, 1.165) is 5.56 Å². The highest BCUT2D eigenvalue weighted by molar-refractivity contribution is 5.80. The number of hydrogen-bond acceptors (Lipinski definition) is 6. The number of carbonyl (C=O) groups is 1. The van der Waals surface area contributed by atoms with E-state index in [0.29, 0.717) is 35.1 Å². The van der Waals surface area contributed by atoms with Crippen molar-refractivity contribution in [1.82, 2.24) is 20.0 Å². The molecule has 0 aliphatic carbocycles. The number of amides is 1. The molecule has 2 heterocycles. The van der Waals surface area contributed by atoms with Crippen LogP contribution in [-0.4, -0.2) is 20.4 Å². The standard InChI is InChI=1S/C21H22N6O3/c1-4-27-20(30)15-7-5-6-8-17(15)24-21(27)26-25-18(28)10-9-14-12(2)16(11-22)19(29)23-13(14)3/h5-8H,4,9-10H2,1-3H3,(H,23,29)(H,24,26)(H,25,28). The molecule has 30 heavy (non-hydrogen) atoms. The Kier molecular flexibility index (Phi) is 5.97. The summed E-state index contributed by atoms with van der Waals surface area (Å²) < 4.78 is 1.44. The van der Waals surface area contributed by atoms with Crippen molar-refractivity contribution in [3.8, 4) is 6.07 Å². The van der Waals surface area contributed by atoms with Crippen molar-refractivity contribution in [2.24, 2.45) is 0 Å². The molecular weight excluding hydrogens is 384 g/mol. The molecule has 0 aliphatic heterocycles. The van der Waals surface area contributed by atoms with E-state index in [-0.39, 0.29) is 29.4 Å². The first-order valence-electron chi connectivity index (χ1n) is 9.54. The Morgan fingerprint density at radius 2 is 2.00 bits per heavy atom. The van der Waals surface area contributed by atoms with Gasteiger partial charge < -0.3 is 4.98 Å². The molecule has 0 saturated heterocycles. The van der Waals surface area contributed by atoms with Gasteiger partial charge >= 0.3 is 0 Å². The number of carbonyl (C=O) groups excluding carboxylic acids is 1. The van der Waals surface area contributed by atoms with Gasteiger partial charge in [-0.3, -0.25) is 29.8 Å². The number of aryl methyl sites for hydroxylation is 1. The van der Waals surface area contributed by atoms with E-state index in [1.165, 1.54) is 4.57 Å². The number of hydrogen-bond donors (Lipinski definition) is 3. The van der Waals surface area contributed by atoms with Crippen molar-refractivity contribution in [1.29, 1.82) is 5.26 Å². The third kappa shape index (κ3) is 3.93. The molecule has 0 fully saturated rings. The van der Waals surface area contributed by atoms with Crippen molar-refractivity contribution in [2.45, 2.75) is 40.2 Å². The number of para-hydroxylation sites is 1. The summed E-state index contributed by atoms with van der Waals surface area (Å²) >= 11 is 0. The van der Waals surface area contributed by atoms with Crippen LogP contribution in [0.4, 0.5) is 5.95 Å². The molecule has 0 spiro atoms. The first-order valence-corrected chi connectivity index (χ1v) is 9.54. The van der Waals surface area contributed by atoms with Crippen molar-refractivity contribution in [2.75, 3.05) is 5.43 Å². The lowest BCUT2D eigenvalue weighted by Crippen LogP contribution is -2.34. The molecule has 154 valence electrons. The van der Waals surface area contributed by atoms with Crippen LogP contribution in [0.1, 0.15) is 35.7 Å². The summed E-state index contributed by atoms with van der Waals surface area (Å²) in [6.45, 7) is 5.64. The van der Waals surface area contributed by atoms with Gasteiger partial charge in [0.1, 0.15) is 11.6 Å². The van der Waals surface area contributed by atoms with Gasteiger partial charge in [0.15, 0.2) is 0 Å². The molecule has 0 radical (unpaired) electrons. The van der Waals surface area contributed by atoms with Crippen LogP contribution in [0.25, 0.3) is 10.9 Å². The Hall–Kier alpha value is -3.93. The molecule has 3 N–H and O–H groups in total. The number of benzene rings is 1. The Morgan fingerprint density at radius 3 is 2.70 bits per heavy atom. The molecule has 9 heteroatoms. The van der Waals surface area contributed by atoms with Gasteiger partial charge in [-0.05, 0) is 50.5 Å². The zero-order valence-electron chi connectivity index (χ0n) is 17.0. The monoisotopic (exact) mass is 406 g/mol. The fourth-order valence-electron chi connectivity index (χ4n) is 3.40. The van der Waals surface area contributed by atoms with Crippen molar-refractivity contribution < 1.29 is 4.79 Å². The minimum Gasteiger partial charge on any atom is -0.325 e. The van der Waals surface area contributed by atoms with Gasteiger partial charge in [0.2, 0.25) is 11.9 Å². The van der Waals surface area contributed by atoms with Crippen LogP contribution in [0.5, 0.6) is 0 Å². The van der Waals surface area contributed by atoms with Crippen LogP contribution in [-0.2, 0) is 17.8 Å². The fraction of sp³-hybridized carbons (Fsp3) is 0.286. The topological polar surface area (TPSA) is 133 Å². The number of rotatable bonds is 6. The maximum atomic E-state index is 12.6. The second kappa shape index (κ2) is 8.61. The Bertz CT molecular complexity index is 1280. The van der Waals surface area contributed by atoms with Crippen molar-refractivity contribution in [3.05, 3.63) is 67.4 Å². The van der Waals surface area contributed by atoms with Gasteiger partial charge in [0.05, 0.1) is 10.9 Å². The molecule has 2 aromatic heterocycles. The summed E-state index contributed by atoms with van der Waals surface area (Å²) in [6, 6.07) is 8.91. The largest absolute Gasteiger partial charge is 0.325 e. The summed E-state index contributed by atoms with van der Waals surface area (Å²) in [5, 5.41) is 9.66. The molecule has 0 bridgehead atoms. The number of hydrazine groups is 1. The molecule has 9 nitrogen and oxygen atoms in total. The Morgan fingerprint density at radius 1 is 1.27 bits per heavy atom. The smallest absolute Gasteiger partial charge is 0.266 e. The Balaban J connectivity index is 1.74. The Labute approximate surface area is 172 Å². The molecule has 0 aliphatic rings. The molecule has 0 saturated carbocycles. The van der Waals surface area contributed by atoms with Crippen LogP contribution in [0.15, 0.2) is 33.9 Å². The molecular formula is C21H22N6O3. The SMILES string of the molecule is CCn1c(NNC(=O)CCc2c(C)[nH]c(=O)c(C#N)c2C)nc2ccccc2c1=O. The number of aromatic amines is 1. The number of aromatic nitrogens is 3. The highest BCUT2D eigenvalue weighted by atomic mass is 16.2. The lowest BCUT2D eigenvalue weighted by Gasteiger charge is -2.14. The summed E-state index contributed by atoms with van der Waals surface area (Å²) in [6.07, 6.45) is 0.470. The van der Waals surface area contributed by atoms with Crippen LogP contribution in [0.3, 0.4) is 0 Å². The van der Waals surface area contributed by atoms with Gasteiger partial charge in [0.25, 0.3) is 11.1 Å². The van der Waals surface area contributed by atoms with E-state index in [1.54, 1.807) is 38.1 Å². The highest BCUT2D eigenvalue weighted by Crippen LogP contribution is 2.15. The van der Waals surface area contributed by atoms with Gasteiger partial charge in [-0.15, -0.1) is 0 Å². The fourth-order valence-corrected chi connectivity index (χ4v) is 3.40. The van der Waals surface area contributed by atoms with Gasteiger partial charge in [-0.25, -0.2) is 4.98 Å². The molecule has 0 atom stereocenters. The lowest BCUT2D eigenvalue weighted by atomic mass is 9.99. The van der Waals surface area contributed by atoms with E-state index in [4.69, 9.17) is 5.26 Å². The number of H-pyrrole nitrogens is 1. The third-order valence-corrected chi connectivity index (χ3v) is 5.01. The number of pyridine rings is 1. The first-order chi connectivity index (χ1) is 14.4. The molecule has 1 amide bonds. The zero-order chi connectivity index (χ0) is 21.8. The minimum atomic E-state index is -0.428. The predicted octanol–water partition coefficient (Wildman–Crippen LogP) is 1.67. The molecule has 3 rings (SSSR count). The van der Waals surface area contributed by atoms with E-state index < -0.39 is 5.56 Å². The van der Waals surface area contributed by atoms with Crippen LogP contribution in [0, 0.1) is 25.2 Å². The quantitative estimate of drug-likeness (QED) is 0.534. The van der Waals surface area contributed by atoms with Crippen molar-refractivity contribution >= 4 is 22.8 Å². The zero-order valence-corrected chi connectivity index (χ0v) is 17.0. The average Bonchev–Trinajstić information content (AvgIpc) is 2.72. The molecule has 0 unspecified atom stereocenters. The second-order valence-corrected chi connectivity index (χ2v) is 6.84. The number of anilines is 1. The van der Waals surface area contributed by atoms with Gasteiger partial charge in [-0.1, -0.05) is 12.1 Å². The van der Waals surface area contributed by atoms with Crippen molar-refractivity contribution in [3.63, 3.8) is 0 Å². The van der Waals surface area contributed by atoms with Gasteiger partial charge in [0, 0.05) is 18.7 Å². The van der Waals surface area contributed by atoms with Crippen LogP contribution in [0.2, 0.25) is 0 Å². The van der Waals surface area contributed by atoms with Crippen LogP contribution >= 0.6 is 0 Å². The summed E-state index contributed by atoms with van der Waals surface area (Å²) in [7, 11) is 0. The first kappa shape index (κ1) is 20.8. The number of nitrogens with one attached hydrogen (secondary N) is 3. The number of nitriles is 1. The van der Waals surface area contributed by atoms with E-state index >= 15 is 0 Å². The lowest BCUT2D eigenvalue weighted by molar-refractivity contribution is -0.120. The normalized spacial score (nSPS) is 10.6. The molecule has 3 aromatic rings. The van der Waals surface area contributed by atoms with Crippen LogP contribution < -0.4 is 22.0 Å². The average molecular weight is 406 g/mol. The van der Waals surface area contributed by atoms with E-state index in [1.807, 2.05) is 13.0 Å². The predicted molar refractivity (Wildman–Crippen MR) is 113 cm³/mol. The highest BCUT2D eigenvalue weighted by Gasteiger charge is 2.14. The van der Waals surface area contributed by atoms with Gasteiger partial charge in [-0.2, -0.15) is 5.26 Å². The van der Waals surface area contributed by atoms with E-state index in [9.17, 15) is 14.4 Å². The maximum absolute atomic E-state index is 12.6. The van der Waals surface area contributed by atoms with E-state index in [2.05, 4.69) is 20.8 Å².